The average molecular weight is 230 g/mol. The van der Waals surface area contributed by atoms with Crippen LogP contribution in [-0.2, 0) is 0 Å². The molecule has 1 aliphatic rings. The highest BCUT2D eigenvalue weighted by Crippen LogP contribution is 2.37. The van der Waals surface area contributed by atoms with E-state index >= 15 is 0 Å². The van der Waals surface area contributed by atoms with Gasteiger partial charge in [-0.1, -0.05) is 18.9 Å². The molecule has 84 valence electrons. The number of halogens is 1. The molecule has 3 nitrogen and oxygen atoms in total. The molecular formula is C11H16ClNO2. The molecule has 0 bridgehead atoms. The lowest BCUT2D eigenvalue weighted by Gasteiger charge is -2.11. The molecule has 0 spiro atoms. The third kappa shape index (κ3) is 3.01. The van der Waals surface area contributed by atoms with Gasteiger partial charge in [0, 0.05) is 6.04 Å². The van der Waals surface area contributed by atoms with Crippen LogP contribution in [0, 0.1) is 5.92 Å². The standard InChI is InChI=1S/C11H15NO2.ClH/c12-9(5-7-1-2-7)8-3-4-10(13)11(14)6-8;/h3-4,6-7,9,13-14H,1-2,5,12H2;1H/t9-;/m0./s1. The summed E-state index contributed by atoms with van der Waals surface area (Å²) in [7, 11) is 0. The van der Waals surface area contributed by atoms with E-state index in [2.05, 4.69) is 0 Å². The van der Waals surface area contributed by atoms with Crippen LogP contribution in [0.5, 0.6) is 11.5 Å². The number of nitrogens with two attached hydrogens (primary N) is 1. The first kappa shape index (κ1) is 12.1. The smallest absolute Gasteiger partial charge is 0.157 e. The molecule has 1 atom stereocenters. The highest BCUT2D eigenvalue weighted by Gasteiger charge is 2.24. The fourth-order valence-corrected chi connectivity index (χ4v) is 1.62. The molecule has 1 saturated carbocycles. The van der Waals surface area contributed by atoms with E-state index in [0.29, 0.717) is 0 Å². The molecule has 4 heteroatoms. The summed E-state index contributed by atoms with van der Waals surface area (Å²) in [6, 6.07) is 4.77. The van der Waals surface area contributed by atoms with E-state index in [4.69, 9.17) is 10.8 Å². The Morgan fingerprint density at radius 2 is 1.93 bits per heavy atom. The molecule has 0 aliphatic heterocycles. The van der Waals surface area contributed by atoms with Crippen LogP contribution in [0.3, 0.4) is 0 Å². The van der Waals surface area contributed by atoms with Gasteiger partial charge in [-0.3, -0.25) is 0 Å². The second-order valence-corrected chi connectivity index (χ2v) is 4.03. The fourth-order valence-electron chi connectivity index (χ4n) is 1.62. The van der Waals surface area contributed by atoms with Crippen molar-refractivity contribution in [3.63, 3.8) is 0 Å². The van der Waals surface area contributed by atoms with Crippen LogP contribution in [0.15, 0.2) is 18.2 Å². The predicted octanol–water partition coefficient (Wildman–Crippen LogP) is 2.32. The van der Waals surface area contributed by atoms with Crippen molar-refractivity contribution in [3.05, 3.63) is 23.8 Å². The maximum absolute atomic E-state index is 9.29. The van der Waals surface area contributed by atoms with Gasteiger partial charge in [0.05, 0.1) is 0 Å². The highest BCUT2D eigenvalue weighted by molar-refractivity contribution is 5.85. The van der Waals surface area contributed by atoms with Crippen molar-refractivity contribution in [1.29, 1.82) is 0 Å². The third-order valence-electron chi connectivity index (χ3n) is 2.71. The van der Waals surface area contributed by atoms with Crippen LogP contribution >= 0.6 is 12.4 Å². The molecule has 4 N–H and O–H groups in total. The maximum Gasteiger partial charge on any atom is 0.157 e. The van der Waals surface area contributed by atoms with Crippen molar-refractivity contribution in [2.24, 2.45) is 11.7 Å². The normalized spacial score (nSPS) is 16.9. The van der Waals surface area contributed by atoms with Crippen LogP contribution in [0.4, 0.5) is 0 Å². The van der Waals surface area contributed by atoms with Crippen molar-refractivity contribution in [2.45, 2.75) is 25.3 Å². The second-order valence-electron chi connectivity index (χ2n) is 4.03. The first-order valence-electron chi connectivity index (χ1n) is 4.94. The van der Waals surface area contributed by atoms with Gasteiger partial charge < -0.3 is 15.9 Å². The first-order valence-corrected chi connectivity index (χ1v) is 4.94. The van der Waals surface area contributed by atoms with Crippen LogP contribution < -0.4 is 5.73 Å². The summed E-state index contributed by atoms with van der Waals surface area (Å²) in [6.45, 7) is 0. The van der Waals surface area contributed by atoms with Gasteiger partial charge in [0.25, 0.3) is 0 Å². The summed E-state index contributed by atoms with van der Waals surface area (Å²) in [5, 5.41) is 18.4. The van der Waals surface area contributed by atoms with Crippen molar-refractivity contribution in [2.75, 3.05) is 0 Å². The number of phenolic OH excluding ortho intramolecular Hbond substituents is 2. The number of benzene rings is 1. The lowest BCUT2D eigenvalue weighted by atomic mass is 10.0. The van der Waals surface area contributed by atoms with E-state index in [-0.39, 0.29) is 29.9 Å². The Hall–Kier alpha value is -0.930. The zero-order chi connectivity index (χ0) is 10.1. The fraction of sp³-hybridized carbons (Fsp3) is 0.455. The summed E-state index contributed by atoms with van der Waals surface area (Å²) >= 11 is 0. The van der Waals surface area contributed by atoms with Crippen LogP contribution in [0.2, 0.25) is 0 Å². The molecule has 1 aliphatic carbocycles. The summed E-state index contributed by atoms with van der Waals surface area (Å²) in [4.78, 5) is 0. The van der Waals surface area contributed by atoms with Crippen LogP contribution in [0.1, 0.15) is 30.9 Å². The minimum absolute atomic E-state index is 0. The Morgan fingerprint density at radius 1 is 1.27 bits per heavy atom. The van der Waals surface area contributed by atoms with Gasteiger partial charge in [-0.25, -0.2) is 0 Å². The minimum Gasteiger partial charge on any atom is -0.504 e. The van der Waals surface area contributed by atoms with Gasteiger partial charge in [0.2, 0.25) is 0 Å². The quantitative estimate of drug-likeness (QED) is 0.697. The highest BCUT2D eigenvalue weighted by atomic mass is 35.5. The lowest BCUT2D eigenvalue weighted by molar-refractivity contribution is 0.402. The molecule has 0 heterocycles. The number of hydrogen-bond acceptors (Lipinski definition) is 3. The molecule has 15 heavy (non-hydrogen) atoms. The van der Waals surface area contributed by atoms with E-state index in [0.717, 1.165) is 17.9 Å². The molecule has 2 rings (SSSR count). The largest absolute Gasteiger partial charge is 0.504 e. The number of phenols is 2. The zero-order valence-corrected chi connectivity index (χ0v) is 9.20. The average Bonchev–Trinajstić information content (AvgIpc) is 2.93. The third-order valence-corrected chi connectivity index (χ3v) is 2.71. The number of aromatic hydroxyl groups is 2. The molecule has 1 fully saturated rings. The summed E-state index contributed by atoms with van der Waals surface area (Å²) in [5.41, 5.74) is 6.86. The summed E-state index contributed by atoms with van der Waals surface area (Å²) in [5.74, 6) is 0.585. The summed E-state index contributed by atoms with van der Waals surface area (Å²) < 4.78 is 0. The Morgan fingerprint density at radius 3 is 2.47 bits per heavy atom. The zero-order valence-electron chi connectivity index (χ0n) is 8.39. The van der Waals surface area contributed by atoms with Gasteiger partial charge in [-0.05, 0) is 30.0 Å². The van der Waals surface area contributed by atoms with Gasteiger partial charge in [0.1, 0.15) is 0 Å². The maximum atomic E-state index is 9.29. The molecule has 0 aromatic heterocycles. The molecule has 1 aromatic carbocycles. The Bertz CT molecular complexity index is 339. The molecule has 0 unspecified atom stereocenters. The lowest BCUT2D eigenvalue weighted by Crippen LogP contribution is -2.10. The van der Waals surface area contributed by atoms with Gasteiger partial charge in [0.15, 0.2) is 11.5 Å². The molecule has 0 amide bonds. The molecule has 0 radical (unpaired) electrons. The molecule has 1 aromatic rings. The number of rotatable bonds is 3. The van der Waals surface area contributed by atoms with E-state index in [1.807, 2.05) is 0 Å². The van der Waals surface area contributed by atoms with Crippen molar-refractivity contribution < 1.29 is 10.2 Å². The first-order chi connectivity index (χ1) is 6.66. The monoisotopic (exact) mass is 229 g/mol. The number of hydrogen-bond donors (Lipinski definition) is 3. The Balaban J connectivity index is 0.00000112. The van der Waals surface area contributed by atoms with E-state index in [1.54, 1.807) is 12.1 Å². The van der Waals surface area contributed by atoms with Gasteiger partial charge in [-0.2, -0.15) is 0 Å². The topological polar surface area (TPSA) is 66.5 Å². The molecule has 0 saturated heterocycles. The van der Waals surface area contributed by atoms with Crippen molar-refractivity contribution in [3.8, 4) is 11.5 Å². The second kappa shape index (κ2) is 4.73. The van der Waals surface area contributed by atoms with Crippen LogP contribution in [0.25, 0.3) is 0 Å². The van der Waals surface area contributed by atoms with Crippen molar-refractivity contribution in [1.82, 2.24) is 0 Å². The van der Waals surface area contributed by atoms with E-state index < -0.39 is 0 Å². The molecular weight excluding hydrogens is 214 g/mol. The Labute approximate surface area is 95.3 Å². The van der Waals surface area contributed by atoms with Crippen LogP contribution in [-0.4, -0.2) is 10.2 Å². The van der Waals surface area contributed by atoms with Gasteiger partial charge >= 0.3 is 0 Å². The SMILES string of the molecule is Cl.N[C@@H](CC1CC1)c1ccc(O)c(O)c1. The summed E-state index contributed by atoms with van der Waals surface area (Å²) in [6.07, 6.45) is 3.53. The van der Waals surface area contributed by atoms with E-state index in [9.17, 15) is 5.11 Å². The predicted molar refractivity (Wildman–Crippen MR) is 61.3 cm³/mol. The van der Waals surface area contributed by atoms with E-state index in [1.165, 1.54) is 18.9 Å². The van der Waals surface area contributed by atoms with Gasteiger partial charge in [-0.15, -0.1) is 12.4 Å². The Kier molecular flexibility index (Phi) is 3.83. The van der Waals surface area contributed by atoms with Crippen molar-refractivity contribution >= 4 is 12.4 Å². The minimum atomic E-state index is -0.0904.